The third kappa shape index (κ3) is 4.61. The molecule has 1 aliphatic carbocycles. The summed E-state index contributed by atoms with van der Waals surface area (Å²) in [5.41, 5.74) is 6.80. The maximum Gasteiger partial charge on any atom is 0.229 e. The number of benzene rings is 1. The Morgan fingerprint density at radius 3 is 2.88 bits per heavy atom. The Hall–Kier alpha value is -0.850. The van der Waals surface area contributed by atoms with E-state index in [0.29, 0.717) is 21.6 Å². The molecule has 24 heavy (non-hydrogen) atoms. The molecular formula is C16H18Cl3N3OS. The molecule has 2 atom stereocenters. The van der Waals surface area contributed by atoms with Crippen LogP contribution in [0.5, 0.6) is 0 Å². The number of aromatic nitrogens is 1. The van der Waals surface area contributed by atoms with E-state index in [0.717, 1.165) is 29.7 Å². The summed E-state index contributed by atoms with van der Waals surface area (Å²) in [5, 5.41) is 4.61. The lowest BCUT2D eigenvalue weighted by molar-refractivity contribution is -0.119. The van der Waals surface area contributed by atoms with Crippen LogP contribution in [0.2, 0.25) is 10.0 Å². The number of nitrogens with two attached hydrogens (primary N) is 1. The zero-order chi connectivity index (χ0) is 16.4. The number of halogens is 3. The lowest BCUT2D eigenvalue weighted by Crippen LogP contribution is -2.23. The molecule has 1 heterocycles. The molecule has 3 rings (SSSR count). The zero-order valence-electron chi connectivity index (χ0n) is 12.8. The van der Waals surface area contributed by atoms with E-state index in [-0.39, 0.29) is 30.3 Å². The Bertz CT molecular complexity index is 722. The smallest absolute Gasteiger partial charge is 0.229 e. The van der Waals surface area contributed by atoms with Crippen molar-refractivity contribution >= 4 is 58.0 Å². The van der Waals surface area contributed by atoms with Gasteiger partial charge in [0.1, 0.15) is 0 Å². The number of rotatable bonds is 4. The first-order valence-corrected chi connectivity index (χ1v) is 9.04. The fourth-order valence-corrected chi connectivity index (χ4v) is 4.01. The molecule has 0 bridgehead atoms. The fourth-order valence-electron chi connectivity index (χ4n) is 2.78. The molecule has 1 fully saturated rings. The third-order valence-corrected chi connectivity index (χ3v) is 5.79. The first-order chi connectivity index (χ1) is 11.0. The second kappa shape index (κ2) is 8.50. The minimum Gasteiger partial charge on any atom is -0.328 e. The monoisotopic (exact) mass is 405 g/mol. The van der Waals surface area contributed by atoms with Crippen molar-refractivity contribution in [3.8, 4) is 0 Å². The molecule has 2 aromatic rings. The van der Waals surface area contributed by atoms with Crippen LogP contribution >= 0.6 is 46.9 Å². The van der Waals surface area contributed by atoms with E-state index in [1.807, 2.05) is 12.1 Å². The summed E-state index contributed by atoms with van der Waals surface area (Å²) in [4.78, 5) is 17.5. The van der Waals surface area contributed by atoms with Crippen LogP contribution in [-0.4, -0.2) is 16.9 Å². The molecule has 1 saturated carbocycles. The molecule has 0 aliphatic heterocycles. The number of amides is 1. The lowest BCUT2D eigenvalue weighted by Gasteiger charge is -2.08. The van der Waals surface area contributed by atoms with Gasteiger partial charge < -0.3 is 11.1 Å². The van der Waals surface area contributed by atoms with E-state index >= 15 is 0 Å². The zero-order valence-corrected chi connectivity index (χ0v) is 15.9. The van der Waals surface area contributed by atoms with Gasteiger partial charge in [-0.25, -0.2) is 4.98 Å². The van der Waals surface area contributed by atoms with Gasteiger partial charge in [-0.2, -0.15) is 0 Å². The van der Waals surface area contributed by atoms with Crippen LogP contribution in [0, 0.1) is 5.92 Å². The maximum atomic E-state index is 12.2. The van der Waals surface area contributed by atoms with E-state index in [2.05, 4.69) is 10.3 Å². The Morgan fingerprint density at radius 1 is 1.38 bits per heavy atom. The van der Waals surface area contributed by atoms with Gasteiger partial charge in [-0.05, 0) is 30.9 Å². The molecule has 0 saturated heterocycles. The summed E-state index contributed by atoms with van der Waals surface area (Å²) in [6.07, 6.45) is 4.92. The van der Waals surface area contributed by atoms with Gasteiger partial charge in [0.05, 0.1) is 10.0 Å². The molecule has 1 aromatic heterocycles. The van der Waals surface area contributed by atoms with Gasteiger partial charge in [0.2, 0.25) is 5.91 Å². The lowest BCUT2D eigenvalue weighted by atomic mass is 10.1. The summed E-state index contributed by atoms with van der Waals surface area (Å²) in [5.74, 6) is 0.0133. The van der Waals surface area contributed by atoms with Gasteiger partial charge in [0, 0.05) is 29.5 Å². The first kappa shape index (κ1) is 19.5. The first-order valence-electron chi connectivity index (χ1n) is 7.47. The number of nitrogens with zero attached hydrogens (tertiary/aromatic N) is 1. The van der Waals surface area contributed by atoms with E-state index in [1.54, 1.807) is 12.3 Å². The summed E-state index contributed by atoms with van der Waals surface area (Å²) in [6, 6.07) is 5.71. The fraction of sp³-hybridized carbons (Fsp3) is 0.375. The van der Waals surface area contributed by atoms with Crippen molar-refractivity contribution in [1.82, 2.24) is 4.98 Å². The highest BCUT2D eigenvalue weighted by molar-refractivity contribution is 7.15. The standard InChI is InChI=1S/C16H17Cl2N3OS.ClH/c17-13-3-1-2-9(14(13)18)7-12-8-20-16(23-12)21-15(22)10-4-5-11(19)6-10;/h1-3,8,10-11H,4-7,19H2,(H,20,21,22);1H. The normalized spacial score (nSPS) is 19.8. The van der Waals surface area contributed by atoms with Gasteiger partial charge in [-0.15, -0.1) is 23.7 Å². The molecule has 8 heteroatoms. The number of hydrogen-bond acceptors (Lipinski definition) is 4. The predicted octanol–water partition coefficient (Wildman–Crippen LogP) is 4.53. The van der Waals surface area contributed by atoms with Crippen LogP contribution in [0.1, 0.15) is 29.7 Å². The molecule has 0 spiro atoms. The van der Waals surface area contributed by atoms with Crippen LogP contribution in [0.25, 0.3) is 0 Å². The molecule has 130 valence electrons. The number of hydrogen-bond donors (Lipinski definition) is 2. The minimum absolute atomic E-state index is 0. The largest absolute Gasteiger partial charge is 0.328 e. The molecule has 1 aliphatic rings. The Balaban J connectivity index is 0.00000208. The third-order valence-electron chi connectivity index (χ3n) is 4.02. The van der Waals surface area contributed by atoms with Crippen molar-refractivity contribution in [1.29, 1.82) is 0 Å². The van der Waals surface area contributed by atoms with Crippen molar-refractivity contribution in [2.45, 2.75) is 31.7 Å². The van der Waals surface area contributed by atoms with Crippen molar-refractivity contribution in [3.05, 3.63) is 44.9 Å². The number of nitrogens with one attached hydrogen (secondary N) is 1. The van der Waals surface area contributed by atoms with Gasteiger partial charge in [0.25, 0.3) is 0 Å². The molecule has 1 aromatic carbocycles. The number of carbonyl (C=O) groups excluding carboxylic acids is 1. The summed E-state index contributed by atoms with van der Waals surface area (Å²) in [6.45, 7) is 0. The molecule has 2 unspecified atom stereocenters. The van der Waals surface area contributed by atoms with Crippen molar-refractivity contribution < 1.29 is 4.79 Å². The Morgan fingerprint density at radius 2 is 2.17 bits per heavy atom. The Labute approximate surface area is 161 Å². The van der Waals surface area contributed by atoms with Gasteiger partial charge in [-0.3, -0.25) is 4.79 Å². The summed E-state index contributed by atoms with van der Waals surface area (Å²) >= 11 is 13.7. The van der Waals surface area contributed by atoms with E-state index in [4.69, 9.17) is 28.9 Å². The highest BCUT2D eigenvalue weighted by Crippen LogP contribution is 2.30. The van der Waals surface area contributed by atoms with Gasteiger partial charge >= 0.3 is 0 Å². The maximum absolute atomic E-state index is 12.2. The van der Waals surface area contributed by atoms with Crippen molar-refractivity contribution in [2.24, 2.45) is 11.7 Å². The van der Waals surface area contributed by atoms with E-state index in [9.17, 15) is 4.79 Å². The summed E-state index contributed by atoms with van der Waals surface area (Å²) in [7, 11) is 0. The summed E-state index contributed by atoms with van der Waals surface area (Å²) < 4.78 is 0. The predicted molar refractivity (Wildman–Crippen MR) is 103 cm³/mol. The average molecular weight is 407 g/mol. The van der Waals surface area contributed by atoms with E-state index in [1.165, 1.54) is 11.3 Å². The van der Waals surface area contributed by atoms with Gasteiger partial charge in [-0.1, -0.05) is 35.3 Å². The highest BCUT2D eigenvalue weighted by Gasteiger charge is 2.28. The van der Waals surface area contributed by atoms with Crippen LogP contribution in [-0.2, 0) is 11.2 Å². The molecule has 4 nitrogen and oxygen atoms in total. The molecule has 1 amide bonds. The van der Waals surface area contributed by atoms with Crippen molar-refractivity contribution in [3.63, 3.8) is 0 Å². The SMILES string of the molecule is Cl.NC1CCC(C(=O)Nc2ncc(Cc3cccc(Cl)c3Cl)s2)C1. The molecule has 0 radical (unpaired) electrons. The van der Waals surface area contributed by atoms with Crippen LogP contribution in [0.3, 0.4) is 0 Å². The van der Waals surface area contributed by atoms with Crippen LogP contribution in [0.15, 0.2) is 24.4 Å². The number of carbonyl (C=O) groups is 1. The van der Waals surface area contributed by atoms with Crippen LogP contribution in [0.4, 0.5) is 5.13 Å². The second-order valence-electron chi connectivity index (χ2n) is 5.78. The quantitative estimate of drug-likeness (QED) is 0.784. The van der Waals surface area contributed by atoms with Crippen LogP contribution < -0.4 is 11.1 Å². The average Bonchev–Trinajstić information content (AvgIpc) is 3.13. The Kier molecular flexibility index (Phi) is 6.89. The molecular weight excluding hydrogens is 389 g/mol. The number of anilines is 1. The number of thiazole rings is 1. The highest BCUT2D eigenvalue weighted by atomic mass is 35.5. The van der Waals surface area contributed by atoms with Gasteiger partial charge in [0.15, 0.2) is 5.13 Å². The van der Waals surface area contributed by atoms with E-state index < -0.39 is 0 Å². The van der Waals surface area contributed by atoms with Crippen molar-refractivity contribution in [2.75, 3.05) is 5.32 Å². The second-order valence-corrected chi connectivity index (χ2v) is 7.68. The minimum atomic E-state index is -0.000255. The molecule has 3 N–H and O–H groups in total. The topological polar surface area (TPSA) is 68.0 Å².